The highest BCUT2D eigenvalue weighted by molar-refractivity contribution is 5.77. The molecule has 1 aliphatic heterocycles. The SMILES string of the molecule is O=c1c2ccc(C(F)(F)F)nc2ccn1CC1CCN(Cc2cccc(F)c2)CC1. The molecule has 1 aromatic carbocycles. The minimum Gasteiger partial charge on any atom is -0.315 e. The van der Waals surface area contributed by atoms with Gasteiger partial charge in [0, 0.05) is 19.3 Å². The Hall–Kier alpha value is -2.74. The molecule has 30 heavy (non-hydrogen) atoms. The van der Waals surface area contributed by atoms with Crippen LogP contribution in [0.2, 0.25) is 0 Å². The lowest BCUT2D eigenvalue weighted by atomic mass is 9.96. The Morgan fingerprint density at radius 2 is 1.83 bits per heavy atom. The number of hydrogen-bond donors (Lipinski definition) is 0. The van der Waals surface area contributed by atoms with Gasteiger partial charge in [-0.1, -0.05) is 12.1 Å². The van der Waals surface area contributed by atoms with E-state index in [-0.39, 0.29) is 22.3 Å². The van der Waals surface area contributed by atoms with Gasteiger partial charge in [-0.2, -0.15) is 13.2 Å². The number of nitrogens with zero attached hydrogens (tertiary/aromatic N) is 3. The second kappa shape index (κ2) is 8.18. The molecule has 0 spiro atoms. The minimum atomic E-state index is -4.54. The zero-order valence-corrected chi connectivity index (χ0v) is 16.2. The maximum Gasteiger partial charge on any atom is 0.433 e. The average Bonchev–Trinajstić information content (AvgIpc) is 2.71. The Labute approximate surface area is 170 Å². The molecule has 0 amide bonds. The Balaban J connectivity index is 1.41. The molecule has 0 unspecified atom stereocenters. The Kier molecular flexibility index (Phi) is 5.60. The molecule has 4 rings (SSSR count). The van der Waals surface area contributed by atoms with Crippen LogP contribution in [-0.4, -0.2) is 27.5 Å². The van der Waals surface area contributed by atoms with E-state index in [4.69, 9.17) is 0 Å². The number of halogens is 4. The Morgan fingerprint density at radius 3 is 2.53 bits per heavy atom. The van der Waals surface area contributed by atoms with E-state index < -0.39 is 11.9 Å². The van der Waals surface area contributed by atoms with Crippen molar-refractivity contribution in [3.05, 3.63) is 76.1 Å². The molecule has 0 bridgehead atoms. The van der Waals surface area contributed by atoms with E-state index in [2.05, 4.69) is 9.88 Å². The summed E-state index contributed by atoms with van der Waals surface area (Å²) in [5.41, 5.74) is -0.338. The quantitative estimate of drug-likeness (QED) is 0.586. The monoisotopic (exact) mass is 419 g/mol. The molecule has 0 radical (unpaired) electrons. The van der Waals surface area contributed by atoms with Crippen LogP contribution in [0.4, 0.5) is 17.6 Å². The van der Waals surface area contributed by atoms with Gasteiger partial charge in [0.2, 0.25) is 0 Å². The summed E-state index contributed by atoms with van der Waals surface area (Å²) in [6.07, 6.45) is -1.23. The first-order valence-corrected chi connectivity index (χ1v) is 9.84. The van der Waals surface area contributed by atoms with Gasteiger partial charge in [0.1, 0.15) is 11.5 Å². The fraction of sp³-hybridized carbons (Fsp3) is 0.364. The van der Waals surface area contributed by atoms with Crippen molar-refractivity contribution in [3.63, 3.8) is 0 Å². The molecule has 1 aliphatic rings. The summed E-state index contributed by atoms with van der Waals surface area (Å²) in [5, 5.41) is 0.189. The predicted molar refractivity (Wildman–Crippen MR) is 105 cm³/mol. The molecule has 1 saturated heterocycles. The molecule has 158 valence electrons. The summed E-state index contributed by atoms with van der Waals surface area (Å²) in [5.74, 6) is 0.0567. The van der Waals surface area contributed by atoms with Crippen molar-refractivity contribution in [2.75, 3.05) is 13.1 Å². The van der Waals surface area contributed by atoms with E-state index in [0.29, 0.717) is 19.0 Å². The van der Waals surface area contributed by atoms with Gasteiger partial charge in [-0.05, 0) is 67.7 Å². The van der Waals surface area contributed by atoms with Crippen molar-refractivity contribution in [2.45, 2.75) is 32.1 Å². The Morgan fingerprint density at radius 1 is 1.07 bits per heavy atom. The number of benzene rings is 1. The first-order valence-electron chi connectivity index (χ1n) is 9.84. The van der Waals surface area contributed by atoms with Gasteiger partial charge in [-0.25, -0.2) is 9.37 Å². The van der Waals surface area contributed by atoms with Gasteiger partial charge in [-0.3, -0.25) is 9.69 Å². The van der Waals surface area contributed by atoms with Gasteiger partial charge in [0.25, 0.3) is 5.56 Å². The number of hydrogen-bond acceptors (Lipinski definition) is 3. The van der Waals surface area contributed by atoms with Crippen LogP contribution in [0.3, 0.4) is 0 Å². The van der Waals surface area contributed by atoms with Gasteiger partial charge >= 0.3 is 6.18 Å². The topological polar surface area (TPSA) is 38.1 Å². The molecule has 8 heteroatoms. The van der Waals surface area contributed by atoms with Crippen LogP contribution in [0.5, 0.6) is 0 Å². The molecular weight excluding hydrogens is 398 g/mol. The summed E-state index contributed by atoms with van der Waals surface area (Å²) in [6.45, 7) is 2.90. The van der Waals surface area contributed by atoms with E-state index in [0.717, 1.165) is 37.6 Å². The zero-order valence-electron chi connectivity index (χ0n) is 16.2. The van der Waals surface area contributed by atoms with Gasteiger partial charge in [0.15, 0.2) is 0 Å². The van der Waals surface area contributed by atoms with Gasteiger partial charge < -0.3 is 4.57 Å². The third kappa shape index (κ3) is 4.53. The number of piperidine rings is 1. The molecule has 4 nitrogen and oxygen atoms in total. The second-order valence-electron chi connectivity index (χ2n) is 7.75. The average molecular weight is 419 g/mol. The van der Waals surface area contributed by atoms with Crippen molar-refractivity contribution >= 4 is 10.9 Å². The third-order valence-corrected chi connectivity index (χ3v) is 5.58. The van der Waals surface area contributed by atoms with Crippen LogP contribution >= 0.6 is 0 Å². The molecule has 3 heterocycles. The minimum absolute atomic E-state index is 0.0518. The van der Waals surface area contributed by atoms with Crippen molar-refractivity contribution < 1.29 is 17.6 Å². The molecule has 0 atom stereocenters. The molecule has 0 aliphatic carbocycles. The van der Waals surface area contributed by atoms with Crippen LogP contribution in [0.25, 0.3) is 10.9 Å². The fourth-order valence-electron chi connectivity index (χ4n) is 3.97. The molecule has 0 N–H and O–H groups in total. The van der Waals surface area contributed by atoms with Crippen molar-refractivity contribution in [1.29, 1.82) is 0 Å². The lowest BCUT2D eigenvalue weighted by molar-refractivity contribution is -0.140. The number of alkyl halides is 3. The normalized spacial score (nSPS) is 16.3. The third-order valence-electron chi connectivity index (χ3n) is 5.58. The van der Waals surface area contributed by atoms with Crippen LogP contribution in [0.1, 0.15) is 24.1 Å². The van der Waals surface area contributed by atoms with Crippen molar-refractivity contribution in [1.82, 2.24) is 14.5 Å². The van der Waals surface area contributed by atoms with E-state index in [1.165, 1.54) is 24.4 Å². The summed E-state index contributed by atoms with van der Waals surface area (Å²) in [7, 11) is 0. The smallest absolute Gasteiger partial charge is 0.315 e. The summed E-state index contributed by atoms with van der Waals surface area (Å²) in [4.78, 5) is 18.5. The van der Waals surface area contributed by atoms with Crippen LogP contribution in [0.15, 0.2) is 53.5 Å². The summed E-state index contributed by atoms with van der Waals surface area (Å²) >= 11 is 0. The summed E-state index contributed by atoms with van der Waals surface area (Å²) in [6, 6.07) is 10.1. The number of fused-ring (bicyclic) bond motifs is 1. The second-order valence-corrected chi connectivity index (χ2v) is 7.75. The Bertz CT molecular complexity index is 1100. The molecule has 0 saturated carbocycles. The lowest BCUT2D eigenvalue weighted by Gasteiger charge is -2.32. The largest absolute Gasteiger partial charge is 0.433 e. The van der Waals surface area contributed by atoms with E-state index >= 15 is 0 Å². The van der Waals surface area contributed by atoms with Crippen molar-refractivity contribution in [2.24, 2.45) is 5.92 Å². The van der Waals surface area contributed by atoms with Crippen LogP contribution in [0, 0.1) is 11.7 Å². The van der Waals surface area contributed by atoms with E-state index in [1.807, 2.05) is 6.07 Å². The maximum atomic E-state index is 13.3. The van der Waals surface area contributed by atoms with Gasteiger partial charge in [-0.15, -0.1) is 0 Å². The molecular formula is C22H21F4N3O. The first kappa shape index (κ1) is 20.5. The summed E-state index contributed by atoms with van der Waals surface area (Å²) < 4.78 is 53.4. The maximum absolute atomic E-state index is 13.3. The van der Waals surface area contributed by atoms with E-state index in [9.17, 15) is 22.4 Å². The fourth-order valence-corrected chi connectivity index (χ4v) is 3.97. The first-order chi connectivity index (χ1) is 14.3. The van der Waals surface area contributed by atoms with Gasteiger partial charge in [0.05, 0.1) is 10.9 Å². The number of aromatic nitrogens is 2. The standard InChI is InChI=1S/C22H21F4N3O/c23-17-3-1-2-16(12-17)13-28-9-6-15(7-10-28)14-29-11-8-19-18(21(29)30)4-5-20(27-19)22(24,25)26/h1-5,8,11-12,15H,6-7,9-10,13-14H2. The predicted octanol–water partition coefficient (Wildman–Crippen LogP) is 4.47. The number of likely N-dealkylation sites (tertiary alicyclic amines) is 1. The highest BCUT2D eigenvalue weighted by atomic mass is 19.4. The molecule has 2 aromatic heterocycles. The van der Waals surface area contributed by atoms with E-state index in [1.54, 1.807) is 16.7 Å². The number of pyridine rings is 2. The lowest BCUT2D eigenvalue weighted by Crippen LogP contribution is -2.36. The van der Waals surface area contributed by atoms with Crippen LogP contribution in [-0.2, 0) is 19.3 Å². The highest BCUT2D eigenvalue weighted by Crippen LogP contribution is 2.28. The van der Waals surface area contributed by atoms with Crippen LogP contribution < -0.4 is 5.56 Å². The molecule has 1 fully saturated rings. The molecule has 3 aromatic rings. The zero-order chi connectivity index (χ0) is 21.3. The number of rotatable bonds is 4. The highest BCUT2D eigenvalue weighted by Gasteiger charge is 2.32. The van der Waals surface area contributed by atoms with Crippen molar-refractivity contribution in [3.8, 4) is 0 Å².